The van der Waals surface area contributed by atoms with Gasteiger partial charge in [-0.3, -0.25) is 4.90 Å². The van der Waals surface area contributed by atoms with Gasteiger partial charge in [-0.25, -0.2) is 17.9 Å². The molecule has 2 N–H and O–H groups in total. The molecular formula is C35H42N4O4S. The normalized spacial score (nSPS) is 14.8. The van der Waals surface area contributed by atoms with Gasteiger partial charge in [0.25, 0.3) is 0 Å². The lowest BCUT2D eigenvalue weighted by Gasteiger charge is -2.29. The fourth-order valence-corrected chi connectivity index (χ4v) is 6.77. The molecule has 2 amide bonds. The SMILES string of the molecule is CNS(=O)(=O)c1ccc(CN(CCCN2CCOCC2)C(=O)NC(C)c2cccc3ccccc23)cc1Cc1ccccc1. The number of sulfonamides is 1. The molecule has 4 aromatic rings. The second kappa shape index (κ2) is 14.8. The van der Waals surface area contributed by atoms with Crippen molar-refractivity contribution in [3.05, 3.63) is 113 Å². The number of morpholine rings is 1. The molecule has 1 fully saturated rings. The summed E-state index contributed by atoms with van der Waals surface area (Å²) in [5, 5.41) is 5.50. The van der Waals surface area contributed by atoms with Crippen LogP contribution in [-0.4, -0.2) is 70.7 Å². The van der Waals surface area contributed by atoms with Crippen LogP contribution >= 0.6 is 0 Å². The van der Waals surface area contributed by atoms with Crippen LogP contribution in [-0.2, 0) is 27.7 Å². The van der Waals surface area contributed by atoms with Crippen molar-refractivity contribution in [2.24, 2.45) is 0 Å². The summed E-state index contributed by atoms with van der Waals surface area (Å²) in [5.74, 6) is 0. The summed E-state index contributed by atoms with van der Waals surface area (Å²) in [5.41, 5.74) is 3.66. The highest BCUT2D eigenvalue weighted by atomic mass is 32.2. The fraction of sp³-hybridized carbons (Fsp3) is 0.343. The lowest BCUT2D eigenvalue weighted by molar-refractivity contribution is 0.0364. The molecule has 1 aliphatic heterocycles. The van der Waals surface area contributed by atoms with E-state index in [2.05, 4.69) is 39.2 Å². The van der Waals surface area contributed by atoms with E-state index in [0.717, 1.165) is 66.7 Å². The first-order valence-electron chi connectivity index (χ1n) is 15.3. The van der Waals surface area contributed by atoms with E-state index in [9.17, 15) is 13.2 Å². The fourth-order valence-electron chi connectivity index (χ4n) is 5.82. The number of nitrogens with one attached hydrogen (secondary N) is 2. The Hall–Kier alpha value is -3.76. The van der Waals surface area contributed by atoms with Gasteiger partial charge in [0.2, 0.25) is 10.0 Å². The van der Waals surface area contributed by atoms with E-state index in [1.54, 1.807) is 6.07 Å². The van der Waals surface area contributed by atoms with E-state index in [1.807, 2.05) is 72.5 Å². The van der Waals surface area contributed by atoms with Crippen molar-refractivity contribution in [3.63, 3.8) is 0 Å². The quantitative estimate of drug-likeness (QED) is 0.225. The number of urea groups is 1. The number of carbonyl (C=O) groups excluding carboxylic acids is 1. The lowest BCUT2D eigenvalue weighted by atomic mass is 10.00. The van der Waals surface area contributed by atoms with E-state index >= 15 is 0 Å². The molecule has 0 spiro atoms. The number of rotatable bonds is 12. The average molecular weight is 615 g/mol. The van der Waals surface area contributed by atoms with Crippen molar-refractivity contribution in [2.45, 2.75) is 37.2 Å². The molecule has 44 heavy (non-hydrogen) atoms. The number of ether oxygens (including phenoxy) is 1. The Balaban J connectivity index is 1.38. The summed E-state index contributed by atoms with van der Waals surface area (Å²) in [6, 6.07) is 29.2. The van der Waals surface area contributed by atoms with Crippen LogP contribution in [0.1, 0.15) is 41.6 Å². The third kappa shape index (κ3) is 8.04. The average Bonchev–Trinajstić information content (AvgIpc) is 3.05. The Kier molecular flexibility index (Phi) is 10.7. The molecule has 0 radical (unpaired) electrons. The molecule has 1 saturated heterocycles. The first kappa shape index (κ1) is 31.7. The van der Waals surface area contributed by atoms with Crippen LogP contribution in [0, 0.1) is 0 Å². The molecule has 0 aliphatic carbocycles. The summed E-state index contributed by atoms with van der Waals surface area (Å²) < 4.78 is 33.7. The third-order valence-electron chi connectivity index (χ3n) is 8.22. The molecule has 0 aromatic heterocycles. The largest absolute Gasteiger partial charge is 0.379 e. The Morgan fingerprint density at radius 1 is 0.932 bits per heavy atom. The van der Waals surface area contributed by atoms with Crippen LogP contribution in [0.25, 0.3) is 10.8 Å². The van der Waals surface area contributed by atoms with E-state index in [4.69, 9.17) is 4.74 Å². The Labute approximate surface area is 261 Å². The van der Waals surface area contributed by atoms with Crippen LogP contribution in [0.3, 0.4) is 0 Å². The van der Waals surface area contributed by atoms with Gasteiger partial charge < -0.3 is 15.0 Å². The summed E-state index contributed by atoms with van der Waals surface area (Å²) in [7, 11) is -2.24. The maximum absolute atomic E-state index is 13.9. The molecule has 5 rings (SSSR count). The van der Waals surface area contributed by atoms with Gasteiger partial charge in [-0.05, 0) is 65.9 Å². The van der Waals surface area contributed by atoms with Gasteiger partial charge in [0, 0.05) is 32.7 Å². The van der Waals surface area contributed by atoms with Crippen LogP contribution in [0.15, 0.2) is 95.9 Å². The van der Waals surface area contributed by atoms with Gasteiger partial charge in [0.05, 0.1) is 24.2 Å². The van der Waals surface area contributed by atoms with Crippen LogP contribution in [0.2, 0.25) is 0 Å². The Morgan fingerprint density at radius 2 is 1.66 bits per heavy atom. The number of fused-ring (bicyclic) bond motifs is 1. The maximum atomic E-state index is 13.9. The van der Waals surface area contributed by atoms with Crippen molar-refractivity contribution >= 4 is 26.8 Å². The van der Waals surface area contributed by atoms with Crippen molar-refractivity contribution in [2.75, 3.05) is 46.4 Å². The molecule has 1 aliphatic rings. The van der Waals surface area contributed by atoms with Crippen molar-refractivity contribution in [1.29, 1.82) is 0 Å². The highest BCUT2D eigenvalue weighted by Gasteiger charge is 2.22. The molecule has 1 heterocycles. The van der Waals surface area contributed by atoms with Crippen LogP contribution in [0.4, 0.5) is 4.79 Å². The summed E-state index contributed by atoms with van der Waals surface area (Å²) in [6.45, 7) is 7.08. The number of hydrogen-bond acceptors (Lipinski definition) is 5. The monoisotopic (exact) mass is 614 g/mol. The van der Waals surface area contributed by atoms with Gasteiger partial charge in [-0.15, -0.1) is 0 Å². The zero-order valence-electron chi connectivity index (χ0n) is 25.5. The first-order chi connectivity index (χ1) is 21.3. The lowest BCUT2D eigenvalue weighted by Crippen LogP contribution is -2.43. The predicted molar refractivity (Wildman–Crippen MR) is 175 cm³/mol. The van der Waals surface area contributed by atoms with E-state index in [0.29, 0.717) is 25.1 Å². The standard InChI is InChI=1S/C35H42N4O4S/c1-27(32-15-8-13-30-12-6-7-14-33(30)32)37-35(40)39(19-9-18-38-20-22-43-23-21-38)26-29-16-17-34(44(41,42)36-2)31(25-29)24-28-10-4-3-5-11-28/h3-8,10-17,25,27,36H,9,18-24,26H2,1-2H3,(H,37,40). The van der Waals surface area contributed by atoms with E-state index in [1.165, 1.54) is 7.05 Å². The first-order valence-corrected chi connectivity index (χ1v) is 16.7. The van der Waals surface area contributed by atoms with Gasteiger partial charge >= 0.3 is 6.03 Å². The summed E-state index contributed by atoms with van der Waals surface area (Å²) >= 11 is 0. The second-order valence-corrected chi connectivity index (χ2v) is 13.1. The number of nitrogens with zero attached hydrogens (tertiary/aromatic N) is 2. The minimum absolute atomic E-state index is 0.149. The minimum atomic E-state index is -3.66. The molecule has 232 valence electrons. The van der Waals surface area contributed by atoms with Gasteiger partial charge in [-0.2, -0.15) is 0 Å². The zero-order chi connectivity index (χ0) is 30.9. The molecule has 0 saturated carbocycles. The molecular weight excluding hydrogens is 572 g/mol. The molecule has 4 aromatic carbocycles. The molecule has 1 atom stereocenters. The van der Waals surface area contributed by atoms with Gasteiger partial charge in [0.15, 0.2) is 0 Å². The maximum Gasteiger partial charge on any atom is 0.318 e. The van der Waals surface area contributed by atoms with Crippen LogP contribution < -0.4 is 10.0 Å². The van der Waals surface area contributed by atoms with Crippen LogP contribution in [0.5, 0.6) is 0 Å². The third-order valence-corrected chi connectivity index (χ3v) is 9.73. The van der Waals surface area contributed by atoms with E-state index < -0.39 is 10.0 Å². The molecule has 8 nitrogen and oxygen atoms in total. The topological polar surface area (TPSA) is 91.0 Å². The summed E-state index contributed by atoms with van der Waals surface area (Å²) in [4.78, 5) is 18.3. The Morgan fingerprint density at radius 3 is 2.43 bits per heavy atom. The molecule has 1 unspecified atom stereocenters. The minimum Gasteiger partial charge on any atom is -0.379 e. The highest BCUT2D eigenvalue weighted by molar-refractivity contribution is 7.89. The second-order valence-electron chi connectivity index (χ2n) is 11.3. The van der Waals surface area contributed by atoms with Crippen molar-refractivity contribution in [1.82, 2.24) is 19.8 Å². The summed E-state index contributed by atoms with van der Waals surface area (Å²) in [6.07, 6.45) is 1.28. The number of carbonyl (C=O) groups is 1. The number of hydrogen-bond donors (Lipinski definition) is 2. The highest BCUT2D eigenvalue weighted by Crippen LogP contribution is 2.25. The smallest absolute Gasteiger partial charge is 0.318 e. The van der Waals surface area contributed by atoms with Crippen molar-refractivity contribution < 1.29 is 17.9 Å². The van der Waals surface area contributed by atoms with E-state index in [-0.39, 0.29) is 17.0 Å². The zero-order valence-corrected chi connectivity index (χ0v) is 26.4. The predicted octanol–water partition coefficient (Wildman–Crippen LogP) is 5.33. The molecule has 9 heteroatoms. The van der Waals surface area contributed by atoms with Gasteiger partial charge in [-0.1, -0.05) is 84.9 Å². The van der Waals surface area contributed by atoms with Gasteiger partial charge in [0.1, 0.15) is 0 Å². The number of amides is 2. The van der Waals surface area contributed by atoms with Crippen molar-refractivity contribution in [3.8, 4) is 0 Å². The Bertz CT molecular complexity index is 1650. The number of benzene rings is 4. The molecule has 0 bridgehead atoms.